The van der Waals surface area contributed by atoms with E-state index in [2.05, 4.69) is 43.1 Å². The molecule has 1 atom stereocenters. The van der Waals surface area contributed by atoms with Gasteiger partial charge in [-0.1, -0.05) is 36.4 Å². The van der Waals surface area contributed by atoms with Crippen LogP contribution in [-0.2, 0) is 6.42 Å². The van der Waals surface area contributed by atoms with Crippen molar-refractivity contribution in [1.29, 1.82) is 0 Å². The lowest BCUT2D eigenvalue weighted by Gasteiger charge is -2.26. The highest BCUT2D eigenvalue weighted by molar-refractivity contribution is 5.41. The minimum Gasteiger partial charge on any atom is -0.507 e. The summed E-state index contributed by atoms with van der Waals surface area (Å²) in [6.45, 7) is 3.04. The fourth-order valence-corrected chi connectivity index (χ4v) is 2.38. The molecule has 1 N–H and O–H groups in total. The zero-order valence-electron chi connectivity index (χ0n) is 12.9. The van der Waals surface area contributed by atoms with E-state index in [-0.39, 0.29) is 11.8 Å². The largest absolute Gasteiger partial charge is 0.507 e. The van der Waals surface area contributed by atoms with Crippen molar-refractivity contribution < 1.29 is 9.84 Å². The van der Waals surface area contributed by atoms with E-state index in [1.807, 2.05) is 18.2 Å². The summed E-state index contributed by atoms with van der Waals surface area (Å²) in [4.78, 5) is 2.24. The predicted octanol–water partition coefficient (Wildman–Crippen LogP) is 3.64. The average Bonchev–Trinajstić information content (AvgIpc) is 2.52. The van der Waals surface area contributed by atoms with Crippen LogP contribution in [0.15, 0.2) is 48.5 Å². The summed E-state index contributed by atoms with van der Waals surface area (Å²) in [5.41, 5.74) is 2.25. The fraction of sp³-hybridized carbons (Fsp3) is 0.333. The summed E-state index contributed by atoms with van der Waals surface area (Å²) < 4.78 is 5.12. The summed E-state index contributed by atoms with van der Waals surface area (Å²) in [6.07, 6.45) is 0.999. The lowest BCUT2D eigenvalue weighted by molar-refractivity contribution is 0.259. The highest BCUT2D eigenvalue weighted by Crippen LogP contribution is 2.30. The molecule has 21 heavy (non-hydrogen) atoms. The van der Waals surface area contributed by atoms with Gasteiger partial charge in [-0.2, -0.15) is 0 Å². The van der Waals surface area contributed by atoms with E-state index in [1.54, 1.807) is 13.2 Å². The number of aromatic hydroxyl groups is 1. The molecule has 112 valence electrons. The van der Waals surface area contributed by atoms with Crippen LogP contribution in [-0.4, -0.2) is 30.7 Å². The van der Waals surface area contributed by atoms with Gasteiger partial charge in [-0.3, -0.25) is 4.90 Å². The second-order valence-corrected chi connectivity index (χ2v) is 5.32. The molecule has 0 bridgehead atoms. The van der Waals surface area contributed by atoms with Gasteiger partial charge in [0.05, 0.1) is 7.11 Å². The predicted molar refractivity (Wildman–Crippen MR) is 85.8 cm³/mol. The second-order valence-electron chi connectivity index (χ2n) is 5.32. The van der Waals surface area contributed by atoms with Gasteiger partial charge in [0.25, 0.3) is 0 Å². The van der Waals surface area contributed by atoms with Gasteiger partial charge in [-0.05, 0) is 32.0 Å². The summed E-state index contributed by atoms with van der Waals surface area (Å²) >= 11 is 0. The van der Waals surface area contributed by atoms with Crippen LogP contribution in [0.3, 0.4) is 0 Å². The molecule has 2 aromatic carbocycles. The standard InChI is InChI=1S/C18H23NO2/c1-14(17-10-9-16(21-3)13-18(17)20)19(2)12-11-15-7-5-4-6-8-15/h4-10,13-14,20H,11-12H2,1-3H3. The highest BCUT2D eigenvalue weighted by Gasteiger charge is 2.15. The first kappa shape index (κ1) is 15.4. The molecule has 0 aliphatic carbocycles. The molecule has 0 saturated heterocycles. The molecule has 0 aliphatic rings. The van der Waals surface area contributed by atoms with Crippen LogP contribution < -0.4 is 4.74 Å². The van der Waals surface area contributed by atoms with E-state index >= 15 is 0 Å². The monoisotopic (exact) mass is 285 g/mol. The maximum atomic E-state index is 10.1. The van der Waals surface area contributed by atoms with Gasteiger partial charge in [-0.25, -0.2) is 0 Å². The molecular weight excluding hydrogens is 262 g/mol. The van der Waals surface area contributed by atoms with Gasteiger partial charge >= 0.3 is 0 Å². The molecule has 0 aromatic heterocycles. The second kappa shape index (κ2) is 7.14. The van der Waals surface area contributed by atoms with Crippen molar-refractivity contribution >= 4 is 0 Å². The Bertz CT molecular complexity index is 569. The topological polar surface area (TPSA) is 32.7 Å². The van der Waals surface area contributed by atoms with Crippen molar-refractivity contribution in [3.05, 3.63) is 59.7 Å². The lowest BCUT2D eigenvalue weighted by atomic mass is 10.0. The zero-order valence-corrected chi connectivity index (χ0v) is 12.9. The summed E-state index contributed by atoms with van der Waals surface area (Å²) in [5.74, 6) is 0.962. The molecule has 0 radical (unpaired) electrons. The Morgan fingerprint density at radius 1 is 1.14 bits per heavy atom. The summed E-state index contributed by atoms with van der Waals surface area (Å²) in [6, 6.07) is 16.1. The summed E-state index contributed by atoms with van der Waals surface area (Å²) in [5, 5.41) is 10.1. The molecule has 0 heterocycles. The van der Waals surface area contributed by atoms with Gasteiger partial charge < -0.3 is 9.84 Å². The third-order valence-electron chi connectivity index (χ3n) is 3.94. The third-order valence-corrected chi connectivity index (χ3v) is 3.94. The quantitative estimate of drug-likeness (QED) is 0.879. The minimum atomic E-state index is 0.152. The molecule has 0 spiro atoms. The number of nitrogens with zero attached hydrogens (tertiary/aromatic N) is 1. The Balaban J connectivity index is 2.00. The van der Waals surface area contributed by atoms with E-state index in [0.29, 0.717) is 5.75 Å². The van der Waals surface area contributed by atoms with Crippen molar-refractivity contribution in [3.8, 4) is 11.5 Å². The van der Waals surface area contributed by atoms with Crippen LogP contribution in [0.5, 0.6) is 11.5 Å². The van der Waals surface area contributed by atoms with E-state index < -0.39 is 0 Å². The Morgan fingerprint density at radius 2 is 1.86 bits per heavy atom. The number of benzene rings is 2. The Labute approximate surface area is 126 Å². The first-order chi connectivity index (χ1) is 10.1. The average molecular weight is 285 g/mol. The van der Waals surface area contributed by atoms with Crippen LogP contribution in [0.4, 0.5) is 0 Å². The number of ether oxygens (including phenoxy) is 1. The van der Waals surface area contributed by atoms with Crippen LogP contribution >= 0.6 is 0 Å². The first-order valence-corrected chi connectivity index (χ1v) is 7.23. The molecule has 2 rings (SSSR count). The Morgan fingerprint density at radius 3 is 2.48 bits per heavy atom. The molecule has 3 heteroatoms. The van der Waals surface area contributed by atoms with Gasteiger partial charge in [0.1, 0.15) is 11.5 Å². The minimum absolute atomic E-state index is 0.152. The van der Waals surface area contributed by atoms with E-state index in [1.165, 1.54) is 5.56 Å². The first-order valence-electron chi connectivity index (χ1n) is 7.23. The SMILES string of the molecule is COc1ccc(C(C)N(C)CCc2ccccc2)c(O)c1. The molecule has 0 fully saturated rings. The van der Waals surface area contributed by atoms with Crippen molar-refractivity contribution in [2.24, 2.45) is 0 Å². The lowest BCUT2D eigenvalue weighted by Crippen LogP contribution is -2.24. The number of phenols is 1. The van der Waals surface area contributed by atoms with Crippen LogP contribution in [0.2, 0.25) is 0 Å². The maximum Gasteiger partial charge on any atom is 0.124 e. The number of rotatable bonds is 6. The number of methoxy groups -OCH3 is 1. The van der Waals surface area contributed by atoms with Crippen LogP contribution in [0.1, 0.15) is 24.1 Å². The van der Waals surface area contributed by atoms with E-state index in [4.69, 9.17) is 4.74 Å². The van der Waals surface area contributed by atoms with E-state index in [9.17, 15) is 5.11 Å². The van der Waals surface area contributed by atoms with Gasteiger partial charge in [0.2, 0.25) is 0 Å². The molecule has 0 aliphatic heterocycles. The number of phenolic OH excluding ortho intramolecular Hbond substituents is 1. The highest BCUT2D eigenvalue weighted by atomic mass is 16.5. The van der Waals surface area contributed by atoms with Gasteiger partial charge in [0, 0.05) is 24.2 Å². The number of likely N-dealkylation sites (N-methyl/N-ethyl adjacent to an activating group) is 1. The van der Waals surface area contributed by atoms with Crippen LogP contribution in [0.25, 0.3) is 0 Å². The number of hydrogen-bond donors (Lipinski definition) is 1. The summed E-state index contributed by atoms with van der Waals surface area (Å²) in [7, 11) is 3.68. The fourth-order valence-electron chi connectivity index (χ4n) is 2.38. The molecule has 2 aromatic rings. The van der Waals surface area contributed by atoms with Crippen molar-refractivity contribution in [2.45, 2.75) is 19.4 Å². The van der Waals surface area contributed by atoms with Crippen molar-refractivity contribution in [3.63, 3.8) is 0 Å². The van der Waals surface area contributed by atoms with Gasteiger partial charge in [0.15, 0.2) is 0 Å². The molecule has 0 amide bonds. The van der Waals surface area contributed by atoms with Crippen LogP contribution in [0, 0.1) is 0 Å². The molecule has 3 nitrogen and oxygen atoms in total. The number of hydrogen-bond acceptors (Lipinski definition) is 3. The molecule has 0 saturated carbocycles. The zero-order chi connectivity index (χ0) is 15.2. The third kappa shape index (κ3) is 3.99. The molecular formula is C18H23NO2. The van der Waals surface area contributed by atoms with Gasteiger partial charge in [-0.15, -0.1) is 0 Å². The Hall–Kier alpha value is -2.00. The van der Waals surface area contributed by atoms with Crippen molar-refractivity contribution in [2.75, 3.05) is 20.7 Å². The molecule has 1 unspecified atom stereocenters. The smallest absolute Gasteiger partial charge is 0.124 e. The maximum absolute atomic E-state index is 10.1. The Kier molecular flexibility index (Phi) is 5.23. The van der Waals surface area contributed by atoms with E-state index in [0.717, 1.165) is 18.5 Å². The van der Waals surface area contributed by atoms with Crippen molar-refractivity contribution in [1.82, 2.24) is 4.90 Å². The normalized spacial score (nSPS) is 12.4.